The summed E-state index contributed by atoms with van der Waals surface area (Å²) >= 11 is 2.10. The van der Waals surface area contributed by atoms with Crippen LogP contribution in [0.1, 0.15) is 43.2 Å². The molecule has 3 rings (SSSR count). The third-order valence-electron chi connectivity index (χ3n) is 3.86. The van der Waals surface area contributed by atoms with Crippen molar-refractivity contribution in [2.24, 2.45) is 11.7 Å². The molecule has 94 valence electrons. The van der Waals surface area contributed by atoms with Crippen molar-refractivity contribution in [1.82, 2.24) is 9.55 Å². The summed E-state index contributed by atoms with van der Waals surface area (Å²) in [6.07, 6.45) is 8.44. The Morgan fingerprint density at radius 1 is 1.41 bits per heavy atom. The number of nitrogens with two attached hydrogens (primary N) is 1. The molecule has 4 heteroatoms. The Hall–Kier alpha value is -0.480. The number of aromatic nitrogens is 2. The summed E-state index contributed by atoms with van der Waals surface area (Å²) in [5.41, 5.74) is 7.37. The summed E-state index contributed by atoms with van der Waals surface area (Å²) in [6, 6.07) is 0.165. The molecular weight excluding hydrogens is 230 g/mol. The van der Waals surface area contributed by atoms with Gasteiger partial charge in [-0.2, -0.15) is 11.8 Å². The van der Waals surface area contributed by atoms with E-state index in [0.717, 1.165) is 31.1 Å². The first-order valence-electron chi connectivity index (χ1n) is 6.72. The summed E-state index contributed by atoms with van der Waals surface area (Å²) in [4.78, 5) is 4.75. The zero-order chi connectivity index (χ0) is 11.7. The largest absolute Gasteiger partial charge is 0.333 e. The summed E-state index contributed by atoms with van der Waals surface area (Å²) in [5.74, 6) is 4.62. The van der Waals surface area contributed by atoms with Gasteiger partial charge in [0.15, 0.2) is 0 Å². The van der Waals surface area contributed by atoms with E-state index < -0.39 is 0 Å². The zero-order valence-electron chi connectivity index (χ0n) is 10.3. The van der Waals surface area contributed by atoms with E-state index in [9.17, 15) is 0 Å². The molecule has 1 aromatic rings. The number of hydrogen-bond donors (Lipinski definition) is 1. The molecule has 2 aliphatic heterocycles. The Morgan fingerprint density at radius 2 is 2.35 bits per heavy atom. The lowest BCUT2D eigenvalue weighted by molar-refractivity contribution is 0.451. The van der Waals surface area contributed by atoms with Crippen LogP contribution in [0.5, 0.6) is 0 Å². The average Bonchev–Trinajstić information content (AvgIpc) is 2.74. The molecule has 2 aliphatic rings. The van der Waals surface area contributed by atoms with E-state index in [1.807, 2.05) is 0 Å². The lowest BCUT2D eigenvalue weighted by Crippen LogP contribution is -2.21. The second kappa shape index (κ2) is 5.02. The lowest BCUT2D eigenvalue weighted by atomic mass is 10.00. The Kier molecular flexibility index (Phi) is 3.43. The Morgan fingerprint density at radius 3 is 3.12 bits per heavy atom. The second-order valence-electron chi connectivity index (χ2n) is 5.32. The number of nitrogens with zero attached hydrogens (tertiary/aromatic N) is 2. The molecule has 1 saturated heterocycles. The molecule has 2 atom stereocenters. The first-order chi connectivity index (χ1) is 8.33. The molecule has 2 unspecified atom stereocenters. The van der Waals surface area contributed by atoms with Crippen LogP contribution >= 0.6 is 11.8 Å². The number of fused-ring (bicyclic) bond motifs is 1. The van der Waals surface area contributed by atoms with Gasteiger partial charge < -0.3 is 10.3 Å². The van der Waals surface area contributed by atoms with Crippen molar-refractivity contribution in [3.05, 3.63) is 17.7 Å². The van der Waals surface area contributed by atoms with Crippen molar-refractivity contribution in [2.45, 2.75) is 44.7 Å². The van der Waals surface area contributed by atoms with Gasteiger partial charge in [0, 0.05) is 12.7 Å². The van der Waals surface area contributed by atoms with E-state index in [4.69, 9.17) is 10.7 Å². The van der Waals surface area contributed by atoms with Gasteiger partial charge in [0.05, 0.1) is 11.7 Å². The molecule has 0 amide bonds. The van der Waals surface area contributed by atoms with Crippen molar-refractivity contribution in [1.29, 1.82) is 0 Å². The average molecular weight is 251 g/mol. The standard InChI is InChI=1S/C13H21N3S/c14-12-4-1-5-16-8-11(15-13(12)16)7-10-3-2-6-17-9-10/h8,10,12H,1-7,9,14H2. The number of rotatable bonds is 2. The highest BCUT2D eigenvalue weighted by atomic mass is 32.2. The van der Waals surface area contributed by atoms with E-state index in [2.05, 4.69) is 22.5 Å². The van der Waals surface area contributed by atoms with Crippen molar-refractivity contribution >= 4 is 11.8 Å². The van der Waals surface area contributed by atoms with Crippen LogP contribution in [0.2, 0.25) is 0 Å². The topological polar surface area (TPSA) is 43.8 Å². The van der Waals surface area contributed by atoms with Crippen LogP contribution in [0.4, 0.5) is 0 Å². The maximum Gasteiger partial charge on any atom is 0.125 e. The van der Waals surface area contributed by atoms with Gasteiger partial charge in [0.2, 0.25) is 0 Å². The highest BCUT2D eigenvalue weighted by molar-refractivity contribution is 7.99. The molecule has 3 heterocycles. The molecule has 1 aromatic heterocycles. The van der Waals surface area contributed by atoms with Gasteiger partial charge in [0.1, 0.15) is 5.82 Å². The Labute approximate surface area is 107 Å². The first-order valence-corrected chi connectivity index (χ1v) is 7.87. The fourth-order valence-corrected chi connectivity index (χ4v) is 4.09. The minimum atomic E-state index is 0.165. The van der Waals surface area contributed by atoms with Crippen molar-refractivity contribution < 1.29 is 0 Å². The van der Waals surface area contributed by atoms with E-state index in [-0.39, 0.29) is 6.04 Å². The minimum absolute atomic E-state index is 0.165. The highest BCUT2D eigenvalue weighted by Crippen LogP contribution is 2.27. The van der Waals surface area contributed by atoms with Crippen molar-refractivity contribution in [3.8, 4) is 0 Å². The quantitative estimate of drug-likeness (QED) is 0.877. The molecule has 0 saturated carbocycles. The molecule has 0 aromatic carbocycles. The van der Waals surface area contributed by atoms with Gasteiger partial charge in [0.25, 0.3) is 0 Å². The van der Waals surface area contributed by atoms with E-state index in [0.29, 0.717) is 0 Å². The van der Waals surface area contributed by atoms with Gasteiger partial charge in [-0.3, -0.25) is 0 Å². The molecule has 0 radical (unpaired) electrons. The van der Waals surface area contributed by atoms with Gasteiger partial charge in [-0.15, -0.1) is 0 Å². The Balaban J connectivity index is 1.71. The maximum absolute atomic E-state index is 6.11. The van der Waals surface area contributed by atoms with Gasteiger partial charge in [-0.1, -0.05) is 0 Å². The molecule has 1 fully saturated rings. The van der Waals surface area contributed by atoms with E-state index in [1.165, 1.54) is 36.5 Å². The molecule has 0 bridgehead atoms. The van der Waals surface area contributed by atoms with Crippen LogP contribution in [0.25, 0.3) is 0 Å². The van der Waals surface area contributed by atoms with Crippen LogP contribution in [-0.4, -0.2) is 21.1 Å². The summed E-state index contributed by atoms with van der Waals surface area (Å²) in [6.45, 7) is 1.11. The molecular formula is C13H21N3S. The maximum atomic E-state index is 6.11. The minimum Gasteiger partial charge on any atom is -0.333 e. The van der Waals surface area contributed by atoms with Crippen molar-refractivity contribution in [3.63, 3.8) is 0 Å². The van der Waals surface area contributed by atoms with Crippen LogP contribution in [0, 0.1) is 5.92 Å². The third kappa shape index (κ3) is 2.52. The van der Waals surface area contributed by atoms with Crippen LogP contribution in [0.15, 0.2) is 6.20 Å². The van der Waals surface area contributed by atoms with E-state index >= 15 is 0 Å². The summed E-state index contributed by atoms with van der Waals surface area (Å²) < 4.78 is 2.28. The monoisotopic (exact) mass is 251 g/mol. The predicted molar refractivity (Wildman–Crippen MR) is 72.1 cm³/mol. The van der Waals surface area contributed by atoms with Crippen LogP contribution in [-0.2, 0) is 13.0 Å². The Bertz CT molecular complexity index is 382. The fraction of sp³-hybridized carbons (Fsp3) is 0.769. The van der Waals surface area contributed by atoms with Crippen LogP contribution < -0.4 is 5.73 Å². The SMILES string of the molecule is NC1CCCn2cc(CC3CCCSC3)nc21. The van der Waals surface area contributed by atoms with Gasteiger partial charge >= 0.3 is 0 Å². The first kappa shape index (κ1) is 11.6. The molecule has 0 spiro atoms. The summed E-state index contributed by atoms with van der Waals surface area (Å²) in [5, 5.41) is 0. The smallest absolute Gasteiger partial charge is 0.125 e. The fourth-order valence-electron chi connectivity index (χ4n) is 2.93. The summed E-state index contributed by atoms with van der Waals surface area (Å²) in [7, 11) is 0. The molecule has 17 heavy (non-hydrogen) atoms. The predicted octanol–water partition coefficient (Wildman–Crippen LogP) is 2.36. The molecule has 0 aliphatic carbocycles. The van der Waals surface area contributed by atoms with Crippen molar-refractivity contribution in [2.75, 3.05) is 11.5 Å². The highest BCUT2D eigenvalue weighted by Gasteiger charge is 2.21. The van der Waals surface area contributed by atoms with Gasteiger partial charge in [-0.05, 0) is 49.5 Å². The van der Waals surface area contributed by atoms with Gasteiger partial charge in [-0.25, -0.2) is 4.98 Å². The number of aryl methyl sites for hydroxylation is 1. The molecule has 2 N–H and O–H groups in total. The second-order valence-corrected chi connectivity index (χ2v) is 6.47. The zero-order valence-corrected chi connectivity index (χ0v) is 11.1. The van der Waals surface area contributed by atoms with Crippen LogP contribution in [0.3, 0.4) is 0 Å². The van der Waals surface area contributed by atoms with E-state index in [1.54, 1.807) is 0 Å². The third-order valence-corrected chi connectivity index (χ3v) is 5.14. The molecule has 3 nitrogen and oxygen atoms in total. The number of imidazole rings is 1. The normalized spacial score (nSPS) is 29.0. The number of thioether (sulfide) groups is 1. The number of hydrogen-bond acceptors (Lipinski definition) is 3. The lowest BCUT2D eigenvalue weighted by Gasteiger charge is -2.19.